The zero-order valence-electron chi connectivity index (χ0n) is 9.48. The van der Waals surface area contributed by atoms with Crippen LogP contribution in [0.15, 0.2) is 42.5 Å². The van der Waals surface area contributed by atoms with Gasteiger partial charge in [-0.05, 0) is 42.5 Å². The second kappa shape index (κ2) is 4.98. The minimum absolute atomic E-state index is 0.455. The van der Waals surface area contributed by atoms with Gasteiger partial charge in [0.05, 0.1) is 10.7 Å². The van der Waals surface area contributed by atoms with Crippen LogP contribution in [0.1, 0.15) is 10.4 Å². The molecule has 5 heteroatoms. The number of anilines is 3. The lowest BCUT2D eigenvalue weighted by Crippen LogP contribution is -2.10. The number of carbonyl (C=O) groups excluding carboxylic acids is 1. The number of amides is 1. The first-order valence-corrected chi connectivity index (χ1v) is 5.66. The summed E-state index contributed by atoms with van der Waals surface area (Å²) in [6.07, 6.45) is 0. The van der Waals surface area contributed by atoms with E-state index in [2.05, 4.69) is 5.32 Å². The van der Waals surface area contributed by atoms with E-state index < -0.39 is 5.91 Å². The van der Waals surface area contributed by atoms with Crippen LogP contribution in [0, 0.1) is 0 Å². The van der Waals surface area contributed by atoms with Crippen molar-refractivity contribution in [2.75, 3.05) is 11.1 Å². The number of carbonyl (C=O) groups is 1. The van der Waals surface area contributed by atoms with Gasteiger partial charge in [0, 0.05) is 16.9 Å². The van der Waals surface area contributed by atoms with Crippen molar-refractivity contribution in [1.29, 1.82) is 0 Å². The summed E-state index contributed by atoms with van der Waals surface area (Å²) in [6.45, 7) is 0. The minimum Gasteiger partial charge on any atom is -0.399 e. The Morgan fingerprint density at radius 1 is 1.11 bits per heavy atom. The summed E-state index contributed by atoms with van der Waals surface area (Å²) >= 11 is 6.04. The van der Waals surface area contributed by atoms with Crippen molar-refractivity contribution in [2.24, 2.45) is 5.73 Å². The second-order valence-corrected chi connectivity index (χ2v) is 4.21. The molecule has 0 bridgehead atoms. The number of hydrogen-bond donors (Lipinski definition) is 3. The molecular formula is C13H12ClN3O. The van der Waals surface area contributed by atoms with Crippen LogP contribution in [0.3, 0.4) is 0 Å². The summed E-state index contributed by atoms with van der Waals surface area (Å²) in [5.74, 6) is -0.455. The molecule has 2 aromatic rings. The largest absolute Gasteiger partial charge is 0.399 e. The van der Waals surface area contributed by atoms with E-state index in [1.807, 2.05) is 0 Å². The number of rotatable bonds is 3. The molecule has 0 aliphatic carbocycles. The third-order valence-corrected chi connectivity index (χ3v) is 2.77. The SMILES string of the molecule is NC(=O)c1ccc(Nc2cc(N)ccc2Cl)cc1. The Balaban J connectivity index is 2.23. The number of benzene rings is 2. The molecule has 5 N–H and O–H groups in total. The Bertz CT molecular complexity index is 581. The van der Waals surface area contributed by atoms with Crippen LogP contribution in [0.4, 0.5) is 17.1 Å². The van der Waals surface area contributed by atoms with E-state index in [-0.39, 0.29) is 0 Å². The summed E-state index contributed by atoms with van der Waals surface area (Å²) in [6, 6.07) is 12.0. The lowest BCUT2D eigenvalue weighted by molar-refractivity contribution is 0.100. The molecule has 0 aliphatic heterocycles. The van der Waals surface area contributed by atoms with Crippen molar-refractivity contribution < 1.29 is 4.79 Å². The van der Waals surface area contributed by atoms with Gasteiger partial charge in [-0.2, -0.15) is 0 Å². The molecule has 2 rings (SSSR count). The number of primary amides is 1. The molecule has 0 aliphatic rings. The summed E-state index contributed by atoms with van der Waals surface area (Å²) in [5.41, 5.74) is 13.4. The third kappa shape index (κ3) is 2.73. The second-order valence-electron chi connectivity index (χ2n) is 3.81. The van der Waals surface area contributed by atoms with Gasteiger partial charge in [0.1, 0.15) is 0 Å². The number of halogens is 1. The number of nitrogen functional groups attached to an aromatic ring is 1. The van der Waals surface area contributed by atoms with Crippen LogP contribution < -0.4 is 16.8 Å². The molecule has 0 saturated carbocycles. The number of nitrogens with two attached hydrogens (primary N) is 2. The fraction of sp³-hybridized carbons (Fsp3) is 0. The molecule has 0 radical (unpaired) electrons. The number of hydrogen-bond acceptors (Lipinski definition) is 3. The highest BCUT2D eigenvalue weighted by atomic mass is 35.5. The first-order valence-electron chi connectivity index (χ1n) is 5.28. The van der Waals surface area contributed by atoms with E-state index in [1.54, 1.807) is 42.5 Å². The van der Waals surface area contributed by atoms with Crippen molar-refractivity contribution in [3.8, 4) is 0 Å². The Morgan fingerprint density at radius 3 is 2.39 bits per heavy atom. The van der Waals surface area contributed by atoms with Crippen molar-refractivity contribution in [3.63, 3.8) is 0 Å². The summed E-state index contributed by atoms with van der Waals surface area (Å²) < 4.78 is 0. The summed E-state index contributed by atoms with van der Waals surface area (Å²) in [4.78, 5) is 10.9. The van der Waals surface area contributed by atoms with E-state index in [0.717, 1.165) is 5.69 Å². The minimum atomic E-state index is -0.455. The van der Waals surface area contributed by atoms with Gasteiger partial charge in [-0.3, -0.25) is 4.79 Å². The van der Waals surface area contributed by atoms with Gasteiger partial charge >= 0.3 is 0 Å². The van der Waals surface area contributed by atoms with Crippen LogP contribution >= 0.6 is 11.6 Å². The highest BCUT2D eigenvalue weighted by Crippen LogP contribution is 2.27. The van der Waals surface area contributed by atoms with E-state index in [1.165, 1.54) is 0 Å². The Morgan fingerprint density at radius 2 is 1.78 bits per heavy atom. The molecule has 0 heterocycles. The predicted octanol–water partition coefficient (Wildman–Crippen LogP) is 2.76. The molecule has 92 valence electrons. The predicted molar refractivity (Wildman–Crippen MR) is 74.1 cm³/mol. The maximum Gasteiger partial charge on any atom is 0.248 e. The summed E-state index contributed by atoms with van der Waals surface area (Å²) in [7, 11) is 0. The molecule has 0 fully saturated rings. The molecular weight excluding hydrogens is 250 g/mol. The van der Waals surface area contributed by atoms with Gasteiger partial charge in [0.25, 0.3) is 0 Å². The van der Waals surface area contributed by atoms with Gasteiger partial charge < -0.3 is 16.8 Å². The lowest BCUT2D eigenvalue weighted by atomic mass is 10.2. The van der Waals surface area contributed by atoms with E-state index in [9.17, 15) is 4.79 Å². The number of nitrogens with one attached hydrogen (secondary N) is 1. The zero-order chi connectivity index (χ0) is 13.1. The average Bonchev–Trinajstić information content (AvgIpc) is 2.34. The maximum atomic E-state index is 10.9. The molecule has 0 atom stereocenters. The van der Waals surface area contributed by atoms with Crippen molar-refractivity contribution >= 4 is 34.6 Å². The molecule has 0 unspecified atom stereocenters. The van der Waals surface area contributed by atoms with Gasteiger partial charge in [-0.1, -0.05) is 11.6 Å². The first-order chi connectivity index (χ1) is 8.56. The average molecular weight is 262 g/mol. The third-order valence-electron chi connectivity index (χ3n) is 2.44. The molecule has 0 saturated heterocycles. The zero-order valence-corrected chi connectivity index (χ0v) is 10.2. The van der Waals surface area contributed by atoms with Crippen LogP contribution in [0.25, 0.3) is 0 Å². The van der Waals surface area contributed by atoms with Gasteiger partial charge in [0.15, 0.2) is 0 Å². The highest BCUT2D eigenvalue weighted by Gasteiger charge is 2.03. The quantitative estimate of drug-likeness (QED) is 0.743. The van der Waals surface area contributed by atoms with Gasteiger partial charge in [-0.15, -0.1) is 0 Å². The van der Waals surface area contributed by atoms with Crippen LogP contribution in [0.2, 0.25) is 5.02 Å². The fourth-order valence-electron chi connectivity index (χ4n) is 1.51. The summed E-state index contributed by atoms with van der Waals surface area (Å²) in [5, 5.41) is 3.69. The molecule has 18 heavy (non-hydrogen) atoms. The van der Waals surface area contributed by atoms with Crippen molar-refractivity contribution in [2.45, 2.75) is 0 Å². The van der Waals surface area contributed by atoms with E-state index in [0.29, 0.717) is 22.0 Å². The Labute approximate surface area is 110 Å². The Kier molecular flexibility index (Phi) is 3.39. The topological polar surface area (TPSA) is 81.1 Å². The fourth-order valence-corrected chi connectivity index (χ4v) is 1.68. The standard InChI is InChI=1S/C13H12ClN3O/c14-11-6-3-9(15)7-12(11)17-10-4-1-8(2-5-10)13(16)18/h1-7,17H,15H2,(H2,16,18). The van der Waals surface area contributed by atoms with E-state index in [4.69, 9.17) is 23.1 Å². The van der Waals surface area contributed by atoms with E-state index >= 15 is 0 Å². The van der Waals surface area contributed by atoms with Crippen LogP contribution in [0.5, 0.6) is 0 Å². The van der Waals surface area contributed by atoms with Crippen LogP contribution in [-0.4, -0.2) is 5.91 Å². The maximum absolute atomic E-state index is 10.9. The smallest absolute Gasteiger partial charge is 0.248 e. The van der Waals surface area contributed by atoms with Crippen LogP contribution in [-0.2, 0) is 0 Å². The molecule has 1 amide bonds. The monoisotopic (exact) mass is 261 g/mol. The normalized spacial score (nSPS) is 10.1. The Hall–Kier alpha value is -2.20. The highest BCUT2D eigenvalue weighted by molar-refractivity contribution is 6.33. The van der Waals surface area contributed by atoms with Crippen molar-refractivity contribution in [1.82, 2.24) is 0 Å². The molecule has 0 spiro atoms. The van der Waals surface area contributed by atoms with Gasteiger partial charge in [0.2, 0.25) is 5.91 Å². The van der Waals surface area contributed by atoms with Gasteiger partial charge in [-0.25, -0.2) is 0 Å². The molecule has 2 aromatic carbocycles. The molecule has 0 aromatic heterocycles. The lowest BCUT2D eigenvalue weighted by Gasteiger charge is -2.09. The van der Waals surface area contributed by atoms with Crippen molar-refractivity contribution in [3.05, 3.63) is 53.1 Å². The first kappa shape index (κ1) is 12.3. The molecule has 4 nitrogen and oxygen atoms in total.